The predicted octanol–water partition coefficient (Wildman–Crippen LogP) is 0.669. The molecule has 0 aliphatic rings. The van der Waals surface area contributed by atoms with E-state index >= 15 is 0 Å². The second-order valence-corrected chi connectivity index (χ2v) is 9.92. The van der Waals surface area contributed by atoms with E-state index in [-0.39, 0.29) is 22.3 Å². The van der Waals surface area contributed by atoms with Gasteiger partial charge in [0.05, 0.1) is 21.2 Å². The van der Waals surface area contributed by atoms with Gasteiger partial charge in [-0.2, -0.15) is 4.72 Å². The molecule has 0 aliphatic carbocycles. The minimum absolute atomic E-state index is 0.0198. The smallest absolute Gasteiger partial charge is 0.323 e. The Morgan fingerprint density at radius 1 is 1.18 bits per heavy atom. The molecule has 0 radical (unpaired) electrons. The van der Waals surface area contributed by atoms with Crippen LogP contribution in [0.4, 0.5) is 0 Å². The largest absolute Gasteiger partial charge is 0.480 e. The van der Waals surface area contributed by atoms with Gasteiger partial charge in [0.25, 0.3) is 5.91 Å². The number of nitrogens with two attached hydrogens (primary N) is 1. The van der Waals surface area contributed by atoms with E-state index < -0.39 is 34.5 Å². The molecule has 1 amide bonds. The van der Waals surface area contributed by atoms with Gasteiger partial charge in [-0.1, -0.05) is 29.5 Å². The fourth-order valence-electron chi connectivity index (χ4n) is 3.10. The number of nitrogens with one attached hydrogen (secondary N) is 4. The Bertz CT molecular complexity index is 1220. The topological polar surface area (TPSA) is 174 Å². The van der Waals surface area contributed by atoms with Crippen LogP contribution in [0, 0.1) is 38.0 Å². The first kappa shape index (κ1) is 25.9. The summed E-state index contributed by atoms with van der Waals surface area (Å²) in [4.78, 5) is 25.0. The molecule has 1 atom stereocenters. The van der Waals surface area contributed by atoms with Gasteiger partial charge in [-0.05, 0) is 44.0 Å². The average Bonchev–Trinajstić information content (AvgIpc) is 3.15. The molecule has 0 saturated carbocycles. The summed E-state index contributed by atoms with van der Waals surface area (Å²) in [6, 6.07) is 5.00. The molecule has 7 N–H and O–H groups in total. The number of benzene rings is 1. The molecule has 10 nitrogen and oxygen atoms in total. The lowest BCUT2D eigenvalue weighted by Gasteiger charge is -2.18. The molecule has 33 heavy (non-hydrogen) atoms. The molecule has 12 heteroatoms. The number of rotatable bonds is 8. The predicted molar refractivity (Wildman–Crippen MR) is 126 cm³/mol. The summed E-state index contributed by atoms with van der Waals surface area (Å²) in [6.45, 7) is 4.84. The Kier molecular flexibility index (Phi) is 8.58. The van der Waals surface area contributed by atoms with E-state index in [1.165, 1.54) is 6.07 Å². The van der Waals surface area contributed by atoms with E-state index in [4.69, 9.17) is 11.1 Å². The van der Waals surface area contributed by atoms with E-state index in [1.807, 2.05) is 6.92 Å². The van der Waals surface area contributed by atoms with Crippen LogP contribution >= 0.6 is 11.3 Å². The van der Waals surface area contributed by atoms with Gasteiger partial charge in [-0.15, -0.1) is 11.3 Å². The lowest BCUT2D eigenvalue weighted by molar-refractivity contribution is -0.138. The first-order valence-corrected chi connectivity index (χ1v) is 12.0. The van der Waals surface area contributed by atoms with Crippen LogP contribution in [0.1, 0.15) is 31.2 Å². The molecule has 0 unspecified atom stereocenters. The van der Waals surface area contributed by atoms with Gasteiger partial charge in [-0.25, -0.2) is 8.42 Å². The molecule has 1 aromatic carbocycles. The first-order chi connectivity index (χ1) is 15.4. The van der Waals surface area contributed by atoms with Crippen molar-refractivity contribution in [1.82, 2.24) is 15.4 Å². The number of aliphatic carboxylic acids is 1. The van der Waals surface area contributed by atoms with Gasteiger partial charge in [0.1, 0.15) is 6.04 Å². The molecule has 176 valence electrons. The average molecular weight is 492 g/mol. The zero-order valence-corrected chi connectivity index (χ0v) is 19.9. The van der Waals surface area contributed by atoms with Crippen molar-refractivity contribution in [2.45, 2.75) is 31.7 Å². The monoisotopic (exact) mass is 491 g/mol. The number of sulfonamides is 1. The van der Waals surface area contributed by atoms with Gasteiger partial charge in [0, 0.05) is 6.54 Å². The minimum atomic E-state index is -4.14. The van der Waals surface area contributed by atoms with Crippen LogP contribution in [0.2, 0.25) is 0 Å². The van der Waals surface area contributed by atoms with E-state index in [0.717, 1.165) is 16.9 Å². The lowest BCUT2D eigenvalue weighted by atomic mass is 10.1. The molecule has 0 aliphatic heterocycles. The third-order valence-corrected chi connectivity index (χ3v) is 7.12. The molecule has 1 aromatic heterocycles. The third kappa shape index (κ3) is 7.31. The molecule has 0 bridgehead atoms. The molecule has 0 spiro atoms. The lowest BCUT2D eigenvalue weighted by Crippen LogP contribution is -2.48. The first-order valence-electron chi connectivity index (χ1n) is 9.68. The summed E-state index contributed by atoms with van der Waals surface area (Å²) in [5, 5.41) is 21.5. The summed E-state index contributed by atoms with van der Waals surface area (Å²) in [6.07, 6.45) is 0. The van der Waals surface area contributed by atoms with Crippen LogP contribution in [0.25, 0.3) is 0 Å². The van der Waals surface area contributed by atoms with Crippen LogP contribution in [0.5, 0.6) is 0 Å². The molecule has 1 heterocycles. The van der Waals surface area contributed by atoms with Crippen LogP contribution in [0.15, 0.2) is 29.2 Å². The number of guanidine groups is 1. The number of thiophene rings is 1. The van der Waals surface area contributed by atoms with Crippen molar-refractivity contribution < 1.29 is 23.1 Å². The molecular weight excluding hydrogens is 466 g/mol. The molecule has 0 saturated heterocycles. The van der Waals surface area contributed by atoms with Gasteiger partial charge < -0.3 is 21.5 Å². The van der Waals surface area contributed by atoms with E-state index in [2.05, 4.69) is 27.2 Å². The van der Waals surface area contributed by atoms with E-state index in [1.54, 1.807) is 32.0 Å². The molecule has 2 rings (SSSR count). The number of amides is 1. The Labute approximate surface area is 196 Å². The second kappa shape index (κ2) is 11.0. The normalized spacial score (nSPS) is 11.7. The number of hydrogen-bond acceptors (Lipinski definition) is 6. The number of carbonyl (C=O) groups is 2. The molecular formula is C21H25N5O5S2. The number of aryl methyl sites for hydroxylation is 3. The van der Waals surface area contributed by atoms with E-state index in [0.29, 0.717) is 16.0 Å². The van der Waals surface area contributed by atoms with Crippen molar-refractivity contribution >= 4 is 39.2 Å². The summed E-state index contributed by atoms with van der Waals surface area (Å²) in [7, 11) is -4.14. The van der Waals surface area contributed by atoms with Crippen molar-refractivity contribution in [1.29, 1.82) is 5.41 Å². The molecule has 2 aromatic rings. The fourth-order valence-corrected chi connectivity index (χ4v) is 5.54. The maximum atomic E-state index is 12.9. The van der Waals surface area contributed by atoms with Crippen LogP contribution in [0.3, 0.4) is 0 Å². The number of carbonyl (C=O) groups excluding carboxylic acids is 1. The maximum Gasteiger partial charge on any atom is 0.323 e. The maximum absolute atomic E-state index is 12.9. The third-order valence-electron chi connectivity index (χ3n) is 4.34. The Hall–Kier alpha value is -3.40. The highest BCUT2D eigenvalue weighted by Crippen LogP contribution is 2.22. The van der Waals surface area contributed by atoms with Crippen molar-refractivity contribution in [3.8, 4) is 11.8 Å². The Morgan fingerprint density at radius 3 is 2.39 bits per heavy atom. The highest BCUT2D eigenvalue weighted by Gasteiger charge is 2.28. The highest BCUT2D eigenvalue weighted by atomic mass is 32.2. The fraction of sp³-hybridized carbons (Fsp3) is 0.286. The Morgan fingerprint density at radius 2 is 1.82 bits per heavy atom. The van der Waals surface area contributed by atoms with Gasteiger partial charge in [0.15, 0.2) is 5.96 Å². The zero-order chi connectivity index (χ0) is 24.8. The minimum Gasteiger partial charge on any atom is -0.480 e. The van der Waals surface area contributed by atoms with Crippen molar-refractivity contribution in [3.63, 3.8) is 0 Å². The van der Waals surface area contributed by atoms with Crippen LogP contribution in [-0.2, 0) is 14.8 Å². The quantitative estimate of drug-likeness (QED) is 0.179. The van der Waals surface area contributed by atoms with Gasteiger partial charge in [-0.3, -0.25) is 15.0 Å². The molecule has 0 fully saturated rings. The summed E-state index contributed by atoms with van der Waals surface area (Å²) >= 11 is 1.09. The summed E-state index contributed by atoms with van der Waals surface area (Å²) < 4.78 is 27.9. The zero-order valence-electron chi connectivity index (χ0n) is 18.3. The summed E-state index contributed by atoms with van der Waals surface area (Å²) in [5.74, 6) is 3.38. The van der Waals surface area contributed by atoms with Crippen LogP contribution in [-0.4, -0.2) is 50.5 Å². The number of carboxylic acids is 1. The summed E-state index contributed by atoms with van der Waals surface area (Å²) in [5.41, 5.74) is 7.04. The highest BCUT2D eigenvalue weighted by molar-refractivity contribution is 7.89. The standard InChI is InChI=1S/C21H25N5O5S2/c1-12-9-13(2)18(14(3)10-12)33(30,31)26-16(20(28)29)11-25-19(27)17-7-6-15(32-17)5-4-8-24-21(22)23/h6-7,9-10,16,26H,8,11H2,1-3H3,(H,25,27)(H,28,29)(H4,22,23,24)/t16-/m0/s1. The van der Waals surface area contributed by atoms with Crippen molar-refractivity contribution in [2.75, 3.05) is 13.1 Å². The number of hydrogen-bond donors (Lipinski definition) is 6. The van der Waals surface area contributed by atoms with Crippen molar-refractivity contribution in [3.05, 3.63) is 50.7 Å². The van der Waals surface area contributed by atoms with E-state index in [9.17, 15) is 23.1 Å². The van der Waals surface area contributed by atoms with Gasteiger partial charge in [0.2, 0.25) is 10.0 Å². The second-order valence-electron chi connectivity index (χ2n) is 7.18. The number of carboxylic acid groups (broad SMARTS) is 1. The Balaban J connectivity index is 2.07. The van der Waals surface area contributed by atoms with Crippen LogP contribution < -0.4 is 21.1 Å². The SMILES string of the molecule is Cc1cc(C)c(S(=O)(=O)N[C@@H](CNC(=O)c2ccc(C#CCNC(=N)N)s2)C(=O)O)c(C)c1. The van der Waals surface area contributed by atoms with Crippen molar-refractivity contribution in [2.24, 2.45) is 5.73 Å². The van der Waals surface area contributed by atoms with Gasteiger partial charge >= 0.3 is 5.97 Å².